The van der Waals surface area contributed by atoms with Crippen LogP contribution in [0.2, 0.25) is 0 Å². The van der Waals surface area contributed by atoms with Crippen LogP contribution in [0.15, 0.2) is 46.9 Å². The number of nitrogen functional groups attached to an aromatic ring is 1. The minimum absolute atomic E-state index is 0.680. The summed E-state index contributed by atoms with van der Waals surface area (Å²) in [5.74, 6) is 0.855. The Bertz CT molecular complexity index is 629. The first-order valence-corrected chi connectivity index (χ1v) is 5.18. The summed E-state index contributed by atoms with van der Waals surface area (Å²) < 4.78 is 5.76. The molecule has 2 aromatic rings. The fourth-order valence-electron chi connectivity index (χ4n) is 1.90. The van der Waals surface area contributed by atoms with E-state index in [1.54, 1.807) is 0 Å². The van der Waals surface area contributed by atoms with Crippen LogP contribution in [0.5, 0.6) is 0 Å². The molecule has 0 unspecified atom stereocenters. The number of fused-ring (bicyclic) bond motifs is 3. The number of para-hydroxylation sites is 1. The first kappa shape index (κ1) is 9.04. The highest BCUT2D eigenvalue weighted by molar-refractivity contribution is 5.97. The van der Waals surface area contributed by atoms with Crippen molar-refractivity contribution >= 4 is 28.8 Å². The molecule has 0 aliphatic heterocycles. The Morgan fingerprint density at radius 2 is 1.75 bits per heavy atom. The van der Waals surface area contributed by atoms with Gasteiger partial charge in [-0.1, -0.05) is 42.5 Å². The van der Waals surface area contributed by atoms with Crippen LogP contribution < -0.4 is 5.73 Å². The average molecular weight is 209 g/mol. The predicted octanol–water partition coefficient (Wildman–Crippen LogP) is 3.61. The molecule has 1 aromatic heterocycles. The summed E-state index contributed by atoms with van der Waals surface area (Å²) in [4.78, 5) is 0. The van der Waals surface area contributed by atoms with Crippen molar-refractivity contribution in [1.82, 2.24) is 0 Å². The van der Waals surface area contributed by atoms with Crippen molar-refractivity contribution in [3.05, 3.63) is 53.8 Å². The van der Waals surface area contributed by atoms with Gasteiger partial charge in [0, 0.05) is 10.9 Å². The zero-order chi connectivity index (χ0) is 11.0. The van der Waals surface area contributed by atoms with E-state index in [2.05, 4.69) is 0 Å². The third-order valence-electron chi connectivity index (χ3n) is 2.66. The van der Waals surface area contributed by atoms with Gasteiger partial charge >= 0.3 is 0 Å². The van der Waals surface area contributed by atoms with Crippen molar-refractivity contribution in [2.45, 2.75) is 0 Å². The molecule has 0 spiro atoms. The molecule has 16 heavy (non-hydrogen) atoms. The molecule has 0 radical (unpaired) electrons. The summed E-state index contributed by atoms with van der Waals surface area (Å²) in [6, 6.07) is 5.82. The molecular formula is C14H11NO. The lowest BCUT2D eigenvalue weighted by atomic mass is 10.1. The smallest absolute Gasteiger partial charge is 0.158 e. The van der Waals surface area contributed by atoms with Gasteiger partial charge in [-0.3, -0.25) is 0 Å². The molecule has 0 amide bonds. The van der Waals surface area contributed by atoms with Crippen molar-refractivity contribution in [3.8, 4) is 0 Å². The largest absolute Gasteiger partial charge is 0.454 e. The Hall–Kier alpha value is -2.22. The van der Waals surface area contributed by atoms with Crippen LogP contribution in [0.3, 0.4) is 0 Å². The summed E-state index contributed by atoms with van der Waals surface area (Å²) >= 11 is 0. The summed E-state index contributed by atoms with van der Waals surface area (Å²) in [7, 11) is 0. The number of hydrogen-bond donors (Lipinski definition) is 1. The van der Waals surface area contributed by atoms with E-state index < -0.39 is 0 Å². The molecule has 2 N–H and O–H groups in total. The lowest BCUT2D eigenvalue weighted by Gasteiger charge is -1.93. The maximum atomic E-state index is 5.89. The van der Waals surface area contributed by atoms with Gasteiger partial charge in [-0.15, -0.1) is 0 Å². The normalized spacial score (nSPS) is 19.8. The van der Waals surface area contributed by atoms with E-state index in [1.165, 1.54) is 0 Å². The summed E-state index contributed by atoms with van der Waals surface area (Å²) in [6.45, 7) is 0. The van der Waals surface area contributed by atoms with Gasteiger partial charge in [0.25, 0.3) is 0 Å². The second-order valence-electron chi connectivity index (χ2n) is 3.71. The van der Waals surface area contributed by atoms with E-state index in [-0.39, 0.29) is 0 Å². The first-order valence-electron chi connectivity index (χ1n) is 5.18. The fraction of sp³-hybridized carbons (Fsp3) is 0. The zero-order valence-electron chi connectivity index (χ0n) is 8.68. The molecule has 0 bridgehead atoms. The van der Waals surface area contributed by atoms with Gasteiger partial charge in [0.15, 0.2) is 5.58 Å². The van der Waals surface area contributed by atoms with Gasteiger partial charge in [0.2, 0.25) is 0 Å². The van der Waals surface area contributed by atoms with Crippen LogP contribution in [-0.4, -0.2) is 0 Å². The quantitative estimate of drug-likeness (QED) is 0.673. The van der Waals surface area contributed by atoms with Gasteiger partial charge in [0.05, 0.1) is 5.69 Å². The standard InChI is InChI=1S/C14H11NO/c15-12-8-5-7-11-10-6-3-1-2-4-9-13(10)16-14(11)12/h1-9H,15H2/b2-1-,3-1?,4-2?,6-3-,9-4+,10-6?,13-9?. The number of anilines is 1. The van der Waals surface area contributed by atoms with E-state index >= 15 is 0 Å². The number of benzene rings is 1. The number of allylic oxidation sites excluding steroid dienone is 4. The van der Waals surface area contributed by atoms with E-state index in [9.17, 15) is 0 Å². The van der Waals surface area contributed by atoms with E-state index in [0.29, 0.717) is 5.69 Å². The highest BCUT2D eigenvalue weighted by Crippen LogP contribution is 2.32. The number of hydrogen-bond acceptors (Lipinski definition) is 2. The summed E-state index contributed by atoms with van der Waals surface area (Å²) in [5, 5.41) is 1.06. The first-order chi connectivity index (χ1) is 7.86. The molecule has 2 nitrogen and oxygen atoms in total. The monoisotopic (exact) mass is 209 g/mol. The second-order valence-corrected chi connectivity index (χ2v) is 3.71. The van der Waals surface area contributed by atoms with Crippen molar-refractivity contribution in [2.75, 3.05) is 5.73 Å². The van der Waals surface area contributed by atoms with Gasteiger partial charge < -0.3 is 10.2 Å². The summed E-state index contributed by atoms with van der Waals surface area (Å²) in [6.07, 6.45) is 11.9. The Kier molecular flexibility index (Phi) is 1.93. The molecular weight excluding hydrogens is 198 g/mol. The molecule has 1 aliphatic rings. The molecule has 1 heterocycles. The molecule has 1 aromatic carbocycles. The molecule has 1 aliphatic carbocycles. The number of nitrogens with two attached hydrogens (primary N) is 1. The predicted molar refractivity (Wildman–Crippen MR) is 67.8 cm³/mol. The highest BCUT2D eigenvalue weighted by Gasteiger charge is 2.11. The van der Waals surface area contributed by atoms with Crippen molar-refractivity contribution in [2.24, 2.45) is 0 Å². The maximum Gasteiger partial charge on any atom is 0.158 e. The minimum Gasteiger partial charge on any atom is -0.454 e. The topological polar surface area (TPSA) is 39.2 Å². The fourth-order valence-corrected chi connectivity index (χ4v) is 1.90. The zero-order valence-corrected chi connectivity index (χ0v) is 8.68. The lowest BCUT2D eigenvalue weighted by molar-refractivity contribution is 0.604. The van der Waals surface area contributed by atoms with Gasteiger partial charge in [-0.25, -0.2) is 0 Å². The number of furan rings is 1. The third-order valence-corrected chi connectivity index (χ3v) is 2.66. The molecule has 0 atom stereocenters. The van der Waals surface area contributed by atoms with Crippen LogP contribution in [0.4, 0.5) is 5.69 Å². The lowest BCUT2D eigenvalue weighted by Crippen LogP contribution is -1.83. The van der Waals surface area contributed by atoms with Gasteiger partial charge in [-0.05, 0) is 12.1 Å². The Morgan fingerprint density at radius 3 is 2.62 bits per heavy atom. The molecule has 78 valence electrons. The highest BCUT2D eigenvalue weighted by atomic mass is 16.3. The van der Waals surface area contributed by atoms with E-state index in [1.807, 2.05) is 54.7 Å². The average Bonchev–Trinajstić information content (AvgIpc) is 2.57. The van der Waals surface area contributed by atoms with Crippen molar-refractivity contribution < 1.29 is 4.42 Å². The van der Waals surface area contributed by atoms with Crippen LogP contribution in [0.1, 0.15) is 11.3 Å². The Morgan fingerprint density at radius 1 is 0.938 bits per heavy atom. The van der Waals surface area contributed by atoms with Crippen LogP contribution in [0, 0.1) is 0 Å². The van der Waals surface area contributed by atoms with Crippen LogP contribution in [-0.2, 0) is 0 Å². The maximum absolute atomic E-state index is 5.89. The van der Waals surface area contributed by atoms with Crippen LogP contribution in [0.25, 0.3) is 23.1 Å². The van der Waals surface area contributed by atoms with Crippen molar-refractivity contribution in [3.63, 3.8) is 0 Å². The Balaban J connectivity index is 2.39. The SMILES string of the molecule is Nc1cccc2c3c(oc12)/C=C/C=C\C=C/3. The molecule has 0 saturated heterocycles. The number of rotatable bonds is 0. The van der Waals surface area contributed by atoms with E-state index in [0.717, 1.165) is 22.3 Å². The van der Waals surface area contributed by atoms with Gasteiger partial charge in [0.1, 0.15) is 5.76 Å². The third kappa shape index (κ3) is 1.27. The van der Waals surface area contributed by atoms with Crippen LogP contribution >= 0.6 is 0 Å². The molecule has 0 fully saturated rings. The minimum atomic E-state index is 0.680. The molecule has 0 saturated carbocycles. The second kappa shape index (κ2) is 3.42. The molecule has 2 heteroatoms. The van der Waals surface area contributed by atoms with E-state index in [4.69, 9.17) is 10.2 Å². The van der Waals surface area contributed by atoms with Gasteiger partial charge in [-0.2, -0.15) is 0 Å². The van der Waals surface area contributed by atoms with Crippen molar-refractivity contribution in [1.29, 1.82) is 0 Å². The summed E-state index contributed by atoms with van der Waals surface area (Å²) in [5.41, 5.74) is 8.42. The molecule has 3 rings (SSSR count). The Labute approximate surface area is 93.4 Å².